The molecule has 17 heavy (non-hydrogen) atoms. The molecule has 2 aliphatic rings. The molecule has 2 saturated heterocycles. The van der Waals surface area contributed by atoms with Crippen molar-refractivity contribution < 1.29 is 9.59 Å². The number of rotatable bonds is 2. The second-order valence-corrected chi connectivity index (χ2v) is 4.86. The van der Waals surface area contributed by atoms with E-state index in [1.165, 1.54) is 0 Å². The number of carbonyl (C=O) groups is 2. The summed E-state index contributed by atoms with van der Waals surface area (Å²) in [5.74, 6) is 0.412. The van der Waals surface area contributed by atoms with Crippen LogP contribution in [-0.4, -0.2) is 49.4 Å². The minimum Gasteiger partial charge on any atom is -0.359 e. The topological polar surface area (TPSA) is 61.4 Å². The fourth-order valence-corrected chi connectivity index (χ4v) is 2.68. The maximum absolute atomic E-state index is 12.1. The molecule has 96 valence electrons. The Morgan fingerprint density at radius 3 is 2.47 bits per heavy atom. The fraction of sp³-hybridized carbons (Fsp3) is 0.833. The van der Waals surface area contributed by atoms with Gasteiger partial charge in [-0.25, -0.2) is 0 Å². The number of amides is 2. The maximum atomic E-state index is 12.1. The minimum absolute atomic E-state index is 0.0200. The number of likely N-dealkylation sites (tertiary alicyclic amines) is 1. The van der Waals surface area contributed by atoms with Gasteiger partial charge in [0.05, 0.1) is 6.04 Å². The lowest BCUT2D eigenvalue weighted by Crippen LogP contribution is -2.48. The summed E-state index contributed by atoms with van der Waals surface area (Å²) < 4.78 is 0. The zero-order valence-electron chi connectivity index (χ0n) is 10.4. The molecule has 2 aliphatic heterocycles. The lowest BCUT2D eigenvalue weighted by Gasteiger charge is -2.32. The van der Waals surface area contributed by atoms with Crippen molar-refractivity contribution in [2.24, 2.45) is 5.92 Å². The van der Waals surface area contributed by atoms with Gasteiger partial charge in [0.2, 0.25) is 11.8 Å². The largest absolute Gasteiger partial charge is 0.359 e. The van der Waals surface area contributed by atoms with Crippen LogP contribution in [0.2, 0.25) is 0 Å². The van der Waals surface area contributed by atoms with E-state index in [0.717, 1.165) is 45.3 Å². The van der Waals surface area contributed by atoms with Gasteiger partial charge in [-0.3, -0.25) is 9.59 Å². The highest BCUT2D eigenvalue weighted by Gasteiger charge is 2.31. The maximum Gasteiger partial charge on any atom is 0.239 e. The third kappa shape index (κ3) is 2.77. The Hall–Kier alpha value is -1.10. The standard InChI is InChI=1S/C12H21N3O2/c1-13-11(16)9-4-7-15(8-5-9)12(17)10-3-2-6-14-10/h9-10,14H,2-8H2,1H3,(H,13,16)/t10-/m0/s1. The lowest BCUT2D eigenvalue weighted by atomic mass is 9.95. The van der Waals surface area contributed by atoms with Crippen LogP contribution in [0.25, 0.3) is 0 Å². The van der Waals surface area contributed by atoms with Gasteiger partial charge in [0.15, 0.2) is 0 Å². The molecule has 2 fully saturated rings. The van der Waals surface area contributed by atoms with Crippen LogP contribution in [0, 0.1) is 5.92 Å². The van der Waals surface area contributed by atoms with Crippen molar-refractivity contribution in [2.45, 2.75) is 31.7 Å². The van der Waals surface area contributed by atoms with E-state index in [1.807, 2.05) is 4.90 Å². The molecule has 2 N–H and O–H groups in total. The van der Waals surface area contributed by atoms with Crippen LogP contribution in [0.5, 0.6) is 0 Å². The first-order chi connectivity index (χ1) is 8.22. The number of nitrogens with one attached hydrogen (secondary N) is 2. The molecule has 2 rings (SSSR count). The SMILES string of the molecule is CNC(=O)C1CCN(C(=O)[C@@H]2CCCN2)CC1. The summed E-state index contributed by atoms with van der Waals surface area (Å²) >= 11 is 0. The molecule has 0 aliphatic carbocycles. The van der Waals surface area contributed by atoms with Crippen molar-refractivity contribution in [3.05, 3.63) is 0 Å². The van der Waals surface area contributed by atoms with Gasteiger partial charge in [-0.2, -0.15) is 0 Å². The third-order valence-electron chi connectivity index (χ3n) is 3.78. The molecule has 0 radical (unpaired) electrons. The molecule has 0 bridgehead atoms. The normalized spacial score (nSPS) is 25.9. The van der Waals surface area contributed by atoms with Crippen molar-refractivity contribution in [3.8, 4) is 0 Å². The summed E-state index contributed by atoms with van der Waals surface area (Å²) in [6.45, 7) is 2.38. The Balaban J connectivity index is 1.82. The second-order valence-electron chi connectivity index (χ2n) is 4.86. The number of piperidine rings is 1. The summed E-state index contributed by atoms with van der Waals surface area (Å²) in [5, 5.41) is 5.91. The summed E-state index contributed by atoms with van der Waals surface area (Å²) in [5.41, 5.74) is 0. The average Bonchev–Trinajstić information content (AvgIpc) is 2.91. The summed E-state index contributed by atoms with van der Waals surface area (Å²) in [7, 11) is 1.67. The number of carbonyl (C=O) groups excluding carboxylic acids is 2. The van der Waals surface area contributed by atoms with Crippen molar-refractivity contribution in [1.82, 2.24) is 15.5 Å². The first-order valence-corrected chi connectivity index (χ1v) is 6.46. The Kier molecular flexibility index (Phi) is 3.99. The summed E-state index contributed by atoms with van der Waals surface area (Å²) in [4.78, 5) is 25.5. The molecule has 5 heteroatoms. The zero-order valence-corrected chi connectivity index (χ0v) is 10.4. The molecule has 0 aromatic heterocycles. The van der Waals surface area contributed by atoms with Crippen LogP contribution < -0.4 is 10.6 Å². The molecule has 2 amide bonds. The molecule has 0 unspecified atom stereocenters. The van der Waals surface area contributed by atoms with Crippen LogP contribution in [0.4, 0.5) is 0 Å². The molecule has 0 aromatic carbocycles. The Bertz CT molecular complexity index is 292. The Labute approximate surface area is 102 Å². The van der Waals surface area contributed by atoms with Gasteiger partial charge in [0, 0.05) is 26.1 Å². The van der Waals surface area contributed by atoms with Gasteiger partial charge in [0.1, 0.15) is 0 Å². The van der Waals surface area contributed by atoms with E-state index in [0.29, 0.717) is 0 Å². The predicted octanol–water partition coefficient (Wildman–Crippen LogP) is -0.277. The van der Waals surface area contributed by atoms with E-state index >= 15 is 0 Å². The van der Waals surface area contributed by atoms with Gasteiger partial charge in [-0.1, -0.05) is 0 Å². The molecule has 2 heterocycles. The smallest absolute Gasteiger partial charge is 0.239 e. The van der Waals surface area contributed by atoms with Gasteiger partial charge >= 0.3 is 0 Å². The first-order valence-electron chi connectivity index (χ1n) is 6.46. The lowest BCUT2D eigenvalue weighted by molar-refractivity contribution is -0.137. The van der Waals surface area contributed by atoms with Gasteiger partial charge in [0.25, 0.3) is 0 Å². The highest BCUT2D eigenvalue weighted by atomic mass is 16.2. The number of hydrogen-bond donors (Lipinski definition) is 2. The molecular weight excluding hydrogens is 218 g/mol. The summed E-state index contributed by atoms with van der Waals surface area (Å²) in [6, 6.07) is 0.0200. The van der Waals surface area contributed by atoms with Crippen LogP contribution >= 0.6 is 0 Å². The van der Waals surface area contributed by atoms with E-state index in [9.17, 15) is 9.59 Å². The zero-order chi connectivity index (χ0) is 12.3. The van der Waals surface area contributed by atoms with Crippen molar-refractivity contribution in [3.63, 3.8) is 0 Å². The van der Waals surface area contributed by atoms with Gasteiger partial charge < -0.3 is 15.5 Å². The van der Waals surface area contributed by atoms with E-state index in [-0.39, 0.29) is 23.8 Å². The van der Waals surface area contributed by atoms with Crippen molar-refractivity contribution in [2.75, 3.05) is 26.7 Å². The van der Waals surface area contributed by atoms with Crippen molar-refractivity contribution >= 4 is 11.8 Å². The van der Waals surface area contributed by atoms with E-state index < -0.39 is 0 Å². The molecule has 1 atom stereocenters. The molecule has 0 spiro atoms. The highest BCUT2D eigenvalue weighted by Crippen LogP contribution is 2.19. The van der Waals surface area contributed by atoms with Crippen molar-refractivity contribution in [1.29, 1.82) is 0 Å². The van der Waals surface area contributed by atoms with E-state index in [1.54, 1.807) is 7.05 Å². The highest BCUT2D eigenvalue weighted by molar-refractivity contribution is 5.83. The monoisotopic (exact) mass is 239 g/mol. The van der Waals surface area contributed by atoms with Gasteiger partial charge in [-0.15, -0.1) is 0 Å². The van der Waals surface area contributed by atoms with Gasteiger partial charge in [-0.05, 0) is 32.2 Å². The quantitative estimate of drug-likeness (QED) is 0.697. The van der Waals surface area contributed by atoms with Crippen LogP contribution in [-0.2, 0) is 9.59 Å². The Morgan fingerprint density at radius 1 is 1.24 bits per heavy atom. The Morgan fingerprint density at radius 2 is 1.94 bits per heavy atom. The van der Waals surface area contributed by atoms with E-state index in [2.05, 4.69) is 10.6 Å². The molecule has 0 aromatic rings. The summed E-state index contributed by atoms with van der Waals surface area (Å²) in [6.07, 6.45) is 3.62. The minimum atomic E-state index is 0.0200. The van der Waals surface area contributed by atoms with Crippen LogP contribution in [0.1, 0.15) is 25.7 Å². The molecule has 0 saturated carbocycles. The van der Waals surface area contributed by atoms with Crippen LogP contribution in [0.15, 0.2) is 0 Å². The molecular formula is C12H21N3O2. The first kappa shape index (κ1) is 12.4. The number of nitrogens with zero attached hydrogens (tertiary/aromatic N) is 1. The van der Waals surface area contributed by atoms with Crippen LogP contribution in [0.3, 0.4) is 0 Å². The average molecular weight is 239 g/mol. The number of hydrogen-bond acceptors (Lipinski definition) is 3. The second kappa shape index (κ2) is 5.49. The predicted molar refractivity (Wildman–Crippen MR) is 64.4 cm³/mol. The molecule has 5 nitrogen and oxygen atoms in total. The third-order valence-corrected chi connectivity index (χ3v) is 3.78. The van der Waals surface area contributed by atoms with E-state index in [4.69, 9.17) is 0 Å². The fourth-order valence-electron chi connectivity index (χ4n) is 2.68.